The van der Waals surface area contributed by atoms with Gasteiger partial charge in [0.1, 0.15) is 11.8 Å². The summed E-state index contributed by atoms with van der Waals surface area (Å²) in [7, 11) is 0. The van der Waals surface area contributed by atoms with Gasteiger partial charge in [0, 0.05) is 31.1 Å². The summed E-state index contributed by atoms with van der Waals surface area (Å²) in [5, 5.41) is 11.1. The molecule has 1 aliphatic heterocycles. The number of carboxylic acids is 1. The van der Waals surface area contributed by atoms with Crippen LogP contribution in [-0.4, -0.2) is 41.8 Å². The summed E-state index contributed by atoms with van der Waals surface area (Å²) in [4.78, 5) is 36.0. The van der Waals surface area contributed by atoms with E-state index in [0.717, 1.165) is 12.1 Å². The molecule has 1 atom stereocenters. The number of aliphatic carboxylic acids is 1. The zero-order chi connectivity index (χ0) is 20.0. The number of hydrogen-bond acceptors (Lipinski definition) is 4. The second-order valence-electron chi connectivity index (χ2n) is 6.04. The highest BCUT2D eigenvalue weighted by Gasteiger charge is 2.35. The van der Waals surface area contributed by atoms with E-state index in [2.05, 4.69) is 10.1 Å². The molecule has 0 radical (unpaired) electrons. The molecule has 0 saturated carbocycles. The van der Waals surface area contributed by atoms with E-state index in [-0.39, 0.29) is 31.0 Å². The normalized spacial score (nSPS) is 17.1. The Morgan fingerprint density at radius 1 is 1.26 bits per heavy atom. The van der Waals surface area contributed by atoms with Crippen molar-refractivity contribution in [3.05, 3.63) is 24.3 Å². The second-order valence-corrected chi connectivity index (χ2v) is 6.04. The standard InChI is InChI=1S/C17H19F3N2O5/c18-17(19,20)27-12-5-3-4-11(10-12)22-9-8-13(16(22)26)21-14(23)6-1-2-7-15(24)25/h3-5,10,13H,1-2,6-9H2,(H,21,23)(H,24,25). The molecule has 27 heavy (non-hydrogen) atoms. The van der Waals surface area contributed by atoms with Gasteiger partial charge in [0.05, 0.1) is 0 Å². The van der Waals surface area contributed by atoms with E-state index < -0.39 is 30.0 Å². The number of amides is 2. The molecule has 1 aromatic rings. The van der Waals surface area contributed by atoms with E-state index in [4.69, 9.17) is 5.11 Å². The monoisotopic (exact) mass is 388 g/mol. The molecule has 1 heterocycles. The maximum Gasteiger partial charge on any atom is 0.573 e. The molecule has 0 aliphatic carbocycles. The highest BCUT2D eigenvalue weighted by molar-refractivity contribution is 6.01. The summed E-state index contributed by atoms with van der Waals surface area (Å²) in [5.41, 5.74) is 0.250. The number of carboxylic acid groups (broad SMARTS) is 1. The number of ether oxygens (including phenoxy) is 1. The van der Waals surface area contributed by atoms with Gasteiger partial charge in [-0.1, -0.05) is 6.07 Å². The van der Waals surface area contributed by atoms with Crippen molar-refractivity contribution >= 4 is 23.5 Å². The lowest BCUT2D eigenvalue weighted by Crippen LogP contribution is -2.41. The van der Waals surface area contributed by atoms with E-state index in [1.165, 1.54) is 17.0 Å². The molecule has 0 bridgehead atoms. The van der Waals surface area contributed by atoms with Crippen LogP contribution in [0.4, 0.5) is 18.9 Å². The fourth-order valence-corrected chi connectivity index (χ4v) is 2.75. The fraction of sp³-hybridized carbons (Fsp3) is 0.471. The minimum absolute atomic E-state index is 0.0280. The Hall–Kier alpha value is -2.78. The van der Waals surface area contributed by atoms with E-state index in [1.54, 1.807) is 0 Å². The molecule has 1 unspecified atom stereocenters. The molecule has 2 N–H and O–H groups in total. The first-order chi connectivity index (χ1) is 12.7. The van der Waals surface area contributed by atoms with Gasteiger partial charge in [-0.2, -0.15) is 0 Å². The van der Waals surface area contributed by atoms with E-state index >= 15 is 0 Å². The number of rotatable bonds is 8. The van der Waals surface area contributed by atoms with Gasteiger partial charge in [-0.05, 0) is 31.4 Å². The van der Waals surface area contributed by atoms with Crippen LogP contribution in [-0.2, 0) is 14.4 Å². The van der Waals surface area contributed by atoms with Crippen molar-refractivity contribution in [1.82, 2.24) is 5.32 Å². The molecule has 1 saturated heterocycles. The number of hydrogen-bond donors (Lipinski definition) is 2. The highest BCUT2D eigenvalue weighted by Crippen LogP contribution is 2.29. The third-order valence-electron chi connectivity index (χ3n) is 3.95. The van der Waals surface area contributed by atoms with Crippen LogP contribution in [0.5, 0.6) is 5.75 Å². The van der Waals surface area contributed by atoms with Gasteiger partial charge >= 0.3 is 12.3 Å². The number of nitrogens with one attached hydrogen (secondary N) is 1. The first-order valence-electron chi connectivity index (χ1n) is 8.34. The van der Waals surface area contributed by atoms with Crippen molar-refractivity contribution in [2.24, 2.45) is 0 Å². The summed E-state index contributed by atoms with van der Waals surface area (Å²) in [6, 6.07) is 4.31. The fourth-order valence-electron chi connectivity index (χ4n) is 2.75. The van der Waals surface area contributed by atoms with Crippen LogP contribution in [0.2, 0.25) is 0 Å². The lowest BCUT2D eigenvalue weighted by atomic mass is 10.1. The summed E-state index contributed by atoms with van der Waals surface area (Å²) < 4.78 is 40.8. The van der Waals surface area contributed by atoms with Crippen molar-refractivity contribution in [3.8, 4) is 5.75 Å². The minimum atomic E-state index is -4.83. The maximum atomic E-state index is 12.4. The Bertz CT molecular complexity index is 708. The molecular formula is C17H19F3N2O5. The second kappa shape index (κ2) is 8.74. The molecule has 0 spiro atoms. The molecule has 10 heteroatoms. The molecule has 7 nitrogen and oxygen atoms in total. The smallest absolute Gasteiger partial charge is 0.481 e. The number of carbonyl (C=O) groups is 3. The first-order valence-corrected chi connectivity index (χ1v) is 8.34. The van der Waals surface area contributed by atoms with Crippen LogP contribution in [0.1, 0.15) is 32.1 Å². The minimum Gasteiger partial charge on any atom is -0.481 e. The molecular weight excluding hydrogens is 369 g/mol. The molecule has 0 aromatic heterocycles. The van der Waals surface area contributed by atoms with Gasteiger partial charge in [0.25, 0.3) is 0 Å². The largest absolute Gasteiger partial charge is 0.573 e. The van der Waals surface area contributed by atoms with Crippen molar-refractivity contribution in [1.29, 1.82) is 0 Å². The lowest BCUT2D eigenvalue weighted by molar-refractivity contribution is -0.274. The molecule has 1 aromatic carbocycles. The summed E-state index contributed by atoms with van der Waals surface area (Å²) in [6.07, 6.45) is -3.68. The van der Waals surface area contributed by atoms with Crippen LogP contribution in [0.15, 0.2) is 24.3 Å². The Morgan fingerprint density at radius 3 is 2.63 bits per heavy atom. The van der Waals surface area contributed by atoms with Gasteiger partial charge in [0.15, 0.2) is 0 Å². The van der Waals surface area contributed by atoms with Crippen LogP contribution < -0.4 is 15.0 Å². The van der Waals surface area contributed by atoms with E-state index in [1.807, 2.05) is 0 Å². The van der Waals surface area contributed by atoms with E-state index in [9.17, 15) is 27.6 Å². The lowest BCUT2D eigenvalue weighted by Gasteiger charge is -2.18. The number of benzene rings is 1. The quantitative estimate of drug-likeness (QED) is 0.667. The number of alkyl halides is 3. The highest BCUT2D eigenvalue weighted by atomic mass is 19.4. The number of carbonyl (C=O) groups excluding carboxylic acids is 2. The summed E-state index contributed by atoms with van der Waals surface area (Å²) in [6.45, 7) is 0.248. The first kappa shape index (κ1) is 20.5. The number of unbranched alkanes of at least 4 members (excludes halogenated alkanes) is 1. The Labute approximate surface area is 153 Å². The zero-order valence-corrected chi connectivity index (χ0v) is 14.3. The summed E-state index contributed by atoms with van der Waals surface area (Å²) in [5.74, 6) is -2.15. The summed E-state index contributed by atoms with van der Waals surface area (Å²) >= 11 is 0. The van der Waals surface area contributed by atoms with Crippen molar-refractivity contribution in [3.63, 3.8) is 0 Å². The zero-order valence-electron chi connectivity index (χ0n) is 14.3. The van der Waals surface area contributed by atoms with Gasteiger partial charge in [-0.3, -0.25) is 14.4 Å². The molecule has 148 valence electrons. The SMILES string of the molecule is O=C(O)CCCCC(=O)NC1CCN(c2cccc(OC(F)(F)F)c2)C1=O. The van der Waals surface area contributed by atoms with Gasteiger partial charge in [0.2, 0.25) is 11.8 Å². The molecule has 1 aliphatic rings. The van der Waals surface area contributed by atoms with Crippen molar-refractivity contribution in [2.75, 3.05) is 11.4 Å². The van der Waals surface area contributed by atoms with Crippen molar-refractivity contribution in [2.45, 2.75) is 44.5 Å². The maximum absolute atomic E-state index is 12.4. The van der Waals surface area contributed by atoms with Crippen molar-refractivity contribution < 1.29 is 37.4 Å². The Morgan fingerprint density at radius 2 is 1.96 bits per heavy atom. The predicted octanol–water partition coefficient (Wildman–Crippen LogP) is 2.45. The van der Waals surface area contributed by atoms with Gasteiger partial charge in [-0.25, -0.2) is 0 Å². The third kappa shape index (κ3) is 6.46. The third-order valence-corrected chi connectivity index (χ3v) is 3.95. The number of halogens is 3. The molecule has 1 fully saturated rings. The van der Waals surface area contributed by atoms with Crippen LogP contribution in [0.3, 0.4) is 0 Å². The molecule has 2 rings (SSSR count). The average Bonchev–Trinajstić information content (AvgIpc) is 2.91. The van der Waals surface area contributed by atoms with E-state index in [0.29, 0.717) is 19.3 Å². The number of nitrogens with zero attached hydrogens (tertiary/aromatic N) is 1. The van der Waals surface area contributed by atoms with Crippen LogP contribution in [0, 0.1) is 0 Å². The Kier molecular flexibility index (Phi) is 6.65. The average molecular weight is 388 g/mol. The molecule has 2 amide bonds. The number of anilines is 1. The predicted molar refractivity (Wildman–Crippen MR) is 88.1 cm³/mol. The topological polar surface area (TPSA) is 95.9 Å². The Balaban J connectivity index is 1.90. The van der Waals surface area contributed by atoms with Gasteiger partial charge in [-0.15, -0.1) is 13.2 Å². The van der Waals surface area contributed by atoms with Gasteiger partial charge < -0.3 is 20.1 Å². The van der Waals surface area contributed by atoms with Crippen LogP contribution >= 0.6 is 0 Å². The van der Waals surface area contributed by atoms with Crippen LogP contribution in [0.25, 0.3) is 0 Å².